The van der Waals surface area contributed by atoms with Crippen LogP contribution < -0.4 is 10.2 Å². The van der Waals surface area contributed by atoms with Crippen LogP contribution >= 0.6 is 0 Å². The van der Waals surface area contributed by atoms with Crippen molar-refractivity contribution in [2.24, 2.45) is 5.92 Å². The standard InChI is InChI=1S/C28H32O18/c29-5-15-10(7-42-27-24(41)22(39)20(37)16(6-30)45-27)18(35)23(40)28(44-15)46-26-21(38)17-11(32)3-9(31)4-14(17)43-25(26)8-1-12(33)19(36)13(34)2-8/h1-4,10,15-16,18,20,22-24,27-37,39-41H,5-7H2/t10?,15-,16-,18+,20+,22+,23-,24-,27-,28+/m1/s1. The van der Waals surface area contributed by atoms with Crippen molar-refractivity contribution in [2.45, 2.75) is 55.3 Å². The van der Waals surface area contributed by atoms with Crippen molar-refractivity contribution in [3.8, 4) is 45.8 Å². The van der Waals surface area contributed by atoms with E-state index in [4.69, 9.17) is 23.4 Å². The number of hydrogen-bond acceptors (Lipinski definition) is 18. The molecule has 46 heavy (non-hydrogen) atoms. The first kappa shape index (κ1) is 33.4. The van der Waals surface area contributed by atoms with Gasteiger partial charge in [-0.05, 0) is 12.1 Å². The van der Waals surface area contributed by atoms with Crippen molar-refractivity contribution in [1.29, 1.82) is 0 Å². The van der Waals surface area contributed by atoms with E-state index in [0.29, 0.717) is 0 Å². The lowest BCUT2D eigenvalue weighted by molar-refractivity contribution is -0.317. The smallest absolute Gasteiger partial charge is 0.239 e. The molecule has 252 valence electrons. The zero-order chi connectivity index (χ0) is 33.6. The predicted molar refractivity (Wildman–Crippen MR) is 148 cm³/mol. The van der Waals surface area contributed by atoms with Gasteiger partial charge < -0.3 is 84.6 Å². The van der Waals surface area contributed by atoms with Gasteiger partial charge in [-0.15, -0.1) is 0 Å². The maximum Gasteiger partial charge on any atom is 0.239 e. The number of aromatic hydroxyl groups is 5. The summed E-state index contributed by atoms with van der Waals surface area (Å²) >= 11 is 0. The molecule has 1 aromatic heterocycles. The normalized spacial score (nSPS) is 31.6. The minimum atomic E-state index is -1.98. The van der Waals surface area contributed by atoms with Gasteiger partial charge in [0.1, 0.15) is 53.0 Å². The van der Waals surface area contributed by atoms with Crippen LogP contribution in [-0.2, 0) is 14.2 Å². The SMILES string of the molecule is O=c1c(O[C@@H]2O[C@H](CO)C(CO[C@@H]3O[C@H](CO)[C@H](O)[C@H](O)[C@H]3O)[C@H](O)[C@H]2O)c(-c2cc(O)c(O)c(O)c2)oc2cc(O)cc(O)c12. The molecule has 18 nitrogen and oxygen atoms in total. The first-order valence-corrected chi connectivity index (χ1v) is 13.8. The van der Waals surface area contributed by atoms with Gasteiger partial charge in [-0.25, -0.2) is 0 Å². The van der Waals surface area contributed by atoms with E-state index >= 15 is 0 Å². The fourth-order valence-electron chi connectivity index (χ4n) is 5.30. The van der Waals surface area contributed by atoms with Crippen molar-refractivity contribution >= 4 is 11.0 Å². The highest BCUT2D eigenvalue weighted by atomic mass is 16.7. The van der Waals surface area contributed by atoms with Crippen molar-refractivity contribution in [3.63, 3.8) is 0 Å². The molecule has 2 saturated heterocycles. The summed E-state index contributed by atoms with van der Waals surface area (Å²) in [5, 5.41) is 121. The molecule has 2 aromatic carbocycles. The molecule has 2 aliphatic heterocycles. The summed E-state index contributed by atoms with van der Waals surface area (Å²) < 4.78 is 27.7. The molecule has 5 rings (SSSR count). The Kier molecular flexibility index (Phi) is 9.47. The summed E-state index contributed by atoms with van der Waals surface area (Å²) in [6, 6.07) is 3.56. The van der Waals surface area contributed by atoms with Gasteiger partial charge in [-0.3, -0.25) is 4.79 Å². The highest BCUT2D eigenvalue weighted by molar-refractivity contribution is 5.88. The van der Waals surface area contributed by atoms with Crippen LogP contribution in [0.1, 0.15) is 0 Å². The number of aliphatic hydroxyl groups is 7. The average Bonchev–Trinajstić information content (AvgIpc) is 3.01. The van der Waals surface area contributed by atoms with E-state index in [1.165, 1.54) is 0 Å². The first-order valence-electron chi connectivity index (χ1n) is 13.8. The molecule has 3 aromatic rings. The lowest BCUT2D eigenvalue weighted by Crippen LogP contribution is -2.61. The highest BCUT2D eigenvalue weighted by Crippen LogP contribution is 2.43. The predicted octanol–water partition coefficient (Wildman–Crippen LogP) is -2.76. The summed E-state index contributed by atoms with van der Waals surface area (Å²) in [7, 11) is 0. The van der Waals surface area contributed by atoms with Crippen LogP contribution in [0.5, 0.6) is 34.5 Å². The Balaban J connectivity index is 1.46. The average molecular weight is 657 g/mol. The molecule has 10 atom stereocenters. The van der Waals surface area contributed by atoms with Crippen LogP contribution in [0, 0.1) is 5.92 Å². The lowest BCUT2D eigenvalue weighted by Gasteiger charge is -2.43. The van der Waals surface area contributed by atoms with E-state index in [0.717, 1.165) is 24.3 Å². The molecular weight excluding hydrogens is 624 g/mol. The number of aliphatic hydroxyl groups excluding tert-OH is 7. The van der Waals surface area contributed by atoms with Crippen LogP contribution in [0.2, 0.25) is 0 Å². The van der Waals surface area contributed by atoms with Gasteiger partial charge in [0.05, 0.1) is 32.0 Å². The molecule has 12 N–H and O–H groups in total. The maximum absolute atomic E-state index is 13.6. The second kappa shape index (κ2) is 13.0. The second-order valence-electron chi connectivity index (χ2n) is 10.8. The van der Waals surface area contributed by atoms with E-state index in [1.54, 1.807) is 0 Å². The number of fused-ring (bicyclic) bond motifs is 1. The van der Waals surface area contributed by atoms with Gasteiger partial charge in [-0.1, -0.05) is 0 Å². The van der Waals surface area contributed by atoms with Crippen LogP contribution in [0.4, 0.5) is 0 Å². The molecule has 0 aliphatic carbocycles. The van der Waals surface area contributed by atoms with Crippen molar-refractivity contribution in [2.75, 3.05) is 19.8 Å². The molecule has 2 fully saturated rings. The van der Waals surface area contributed by atoms with Crippen LogP contribution in [0.3, 0.4) is 0 Å². The Labute approximate surface area is 257 Å². The third kappa shape index (κ3) is 5.98. The fraction of sp³-hybridized carbons (Fsp3) is 0.464. The molecule has 18 heteroatoms. The molecular formula is C28H32O18. The number of rotatable bonds is 8. The summed E-state index contributed by atoms with van der Waals surface area (Å²) in [6.45, 7) is -2.12. The minimum Gasteiger partial charge on any atom is -0.508 e. The summed E-state index contributed by atoms with van der Waals surface area (Å²) in [5.74, 6) is -6.40. The van der Waals surface area contributed by atoms with Gasteiger partial charge in [0, 0.05) is 23.6 Å². The van der Waals surface area contributed by atoms with Gasteiger partial charge in [0.15, 0.2) is 29.3 Å². The van der Waals surface area contributed by atoms with Crippen LogP contribution in [-0.4, -0.2) is 136 Å². The first-order chi connectivity index (χ1) is 21.8. The van der Waals surface area contributed by atoms with Gasteiger partial charge in [-0.2, -0.15) is 0 Å². The molecule has 1 unspecified atom stereocenters. The Morgan fingerprint density at radius 2 is 1.30 bits per heavy atom. The van der Waals surface area contributed by atoms with Gasteiger partial charge in [0.25, 0.3) is 0 Å². The van der Waals surface area contributed by atoms with E-state index in [1.807, 2.05) is 0 Å². The zero-order valence-corrected chi connectivity index (χ0v) is 23.5. The molecule has 0 amide bonds. The largest absolute Gasteiger partial charge is 0.508 e. The summed E-state index contributed by atoms with van der Waals surface area (Å²) in [5.41, 5.74) is -1.74. The molecule has 2 aliphatic rings. The number of phenolic OH excluding ortho intramolecular Hbond substituents is 5. The third-order valence-corrected chi connectivity index (χ3v) is 7.82. The minimum absolute atomic E-state index is 0.264. The van der Waals surface area contributed by atoms with E-state index in [2.05, 4.69) is 0 Å². The fourth-order valence-corrected chi connectivity index (χ4v) is 5.30. The second-order valence-corrected chi connectivity index (χ2v) is 10.8. The van der Waals surface area contributed by atoms with Gasteiger partial charge in [0.2, 0.25) is 17.5 Å². The Morgan fingerprint density at radius 1 is 0.696 bits per heavy atom. The van der Waals surface area contributed by atoms with E-state index < -0.39 is 132 Å². The maximum atomic E-state index is 13.6. The van der Waals surface area contributed by atoms with Crippen molar-refractivity contribution in [1.82, 2.24) is 0 Å². The monoisotopic (exact) mass is 656 g/mol. The topological polar surface area (TPSA) is 310 Å². The Hall–Kier alpha value is -3.95. The third-order valence-electron chi connectivity index (χ3n) is 7.82. The van der Waals surface area contributed by atoms with Crippen LogP contribution in [0.25, 0.3) is 22.3 Å². The molecule has 0 saturated carbocycles. The van der Waals surface area contributed by atoms with E-state index in [-0.39, 0.29) is 11.1 Å². The molecule has 0 spiro atoms. The van der Waals surface area contributed by atoms with Crippen molar-refractivity contribution < 1.29 is 84.6 Å². The molecule has 0 radical (unpaired) electrons. The summed E-state index contributed by atoms with van der Waals surface area (Å²) in [6.07, 6.45) is -15.2. The lowest BCUT2D eigenvalue weighted by atomic mass is 9.89. The highest BCUT2D eigenvalue weighted by Gasteiger charge is 2.48. The van der Waals surface area contributed by atoms with Gasteiger partial charge >= 0.3 is 0 Å². The number of benzene rings is 2. The number of ether oxygens (including phenoxy) is 4. The van der Waals surface area contributed by atoms with Crippen molar-refractivity contribution in [3.05, 3.63) is 34.5 Å². The number of phenols is 5. The summed E-state index contributed by atoms with van der Waals surface area (Å²) in [4.78, 5) is 13.6. The van der Waals surface area contributed by atoms with Crippen LogP contribution in [0.15, 0.2) is 33.5 Å². The molecule has 3 heterocycles. The molecule has 0 bridgehead atoms. The zero-order valence-electron chi connectivity index (χ0n) is 23.5. The van der Waals surface area contributed by atoms with E-state index in [9.17, 15) is 66.1 Å². The quantitative estimate of drug-likeness (QED) is 0.109. The Bertz CT molecular complexity index is 1600. The Morgan fingerprint density at radius 3 is 1.93 bits per heavy atom. The number of hydrogen-bond donors (Lipinski definition) is 12.